The molecule has 3 nitrogen and oxygen atoms in total. The molecule has 3 N–H and O–H groups in total. The van der Waals surface area contributed by atoms with Gasteiger partial charge in [0.2, 0.25) is 0 Å². The van der Waals surface area contributed by atoms with E-state index in [1.54, 1.807) is 7.11 Å². The van der Waals surface area contributed by atoms with Crippen molar-refractivity contribution in [1.29, 1.82) is 0 Å². The van der Waals surface area contributed by atoms with Crippen LogP contribution in [0.25, 0.3) is 32.9 Å². The Morgan fingerprint density at radius 2 is 1.85 bits per heavy atom. The Hall–Kier alpha value is -2.49. The van der Waals surface area contributed by atoms with Crippen molar-refractivity contribution in [2.45, 2.75) is 19.3 Å². The lowest BCUT2D eigenvalue weighted by molar-refractivity contribution is 0.421. The predicted octanol–water partition coefficient (Wildman–Crippen LogP) is 5.93. The van der Waals surface area contributed by atoms with Gasteiger partial charge >= 0.3 is 0 Å². The van der Waals surface area contributed by atoms with E-state index >= 15 is 0 Å². The van der Waals surface area contributed by atoms with Gasteiger partial charge < -0.3 is 15.5 Å². The second kappa shape index (κ2) is 7.63. The quantitative estimate of drug-likeness (QED) is 0.408. The van der Waals surface area contributed by atoms with E-state index in [1.807, 2.05) is 30.3 Å². The Bertz CT molecular complexity index is 1100. The first-order valence-electron chi connectivity index (χ1n) is 9.29. The van der Waals surface area contributed by atoms with Crippen LogP contribution in [0.2, 0.25) is 5.02 Å². The average molecular weight is 379 g/mol. The summed E-state index contributed by atoms with van der Waals surface area (Å²) in [6, 6.07) is 18.6. The van der Waals surface area contributed by atoms with Crippen LogP contribution >= 0.6 is 11.6 Å². The summed E-state index contributed by atoms with van der Waals surface area (Å²) in [5, 5.41) is 4.20. The molecule has 0 aliphatic rings. The number of rotatable bonds is 6. The summed E-state index contributed by atoms with van der Waals surface area (Å²) in [6.45, 7) is 0.706. The molecule has 0 spiro atoms. The van der Waals surface area contributed by atoms with Crippen molar-refractivity contribution in [3.8, 4) is 17.0 Å². The van der Waals surface area contributed by atoms with Crippen LogP contribution in [-0.4, -0.2) is 18.6 Å². The molecule has 0 fully saturated rings. The van der Waals surface area contributed by atoms with Crippen molar-refractivity contribution in [3.05, 3.63) is 65.2 Å². The molecule has 1 heterocycles. The first kappa shape index (κ1) is 17.9. The molecule has 138 valence electrons. The SMILES string of the molecule is COc1c(-c2[nH]c3ccc(Cl)cc3c2CCCCN)ccc2ccccc12. The van der Waals surface area contributed by atoms with Gasteiger partial charge in [-0.15, -0.1) is 0 Å². The Morgan fingerprint density at radius 3 is 2.67 bits per heavy atom. The Morgan fingerprint density at radius 1 is 1.00 bits per heavy atom. The van der Waals surface area contributed by atoms with Crippen molar-refractivity contribution >= 4 is 33.3 Å². The Kier molecular flexibility index (Phi) is 5.06. The molecule has 3 aromatic carbocycles. The minimum atomic E-state index is 0.706. The third kappa shape index (κ3) is 3.29. The van der Waals surface area contributed by atoms with Crippen LogP contribution in [0.4, 0.5) is 0 Å². The molecule has 0 amide bonds. The van der Waals surface area contributed by atoms with Crippen molar-refractivity contribution in [2.75, 3.05) is 13.7 Å². The molecule has 27 heavy (non-hydrogen) atoms. The fourth-order valence-corrected chi connectivity index (χ4v) is 3.99. The molecule has 4 aromatic rings. The lowest BCUT2D eigenvalue weighted by atomic mass is 9.97. The number of aromatic amines is 1. The zero-order chi connectivity index (χ0) is 18.8. The molecule has 0 atom stereocenters. The maximum Gasteiger partial charge on any atom is 0.136 e. The van der Waals surface area contributed by atoms with Gasteiger partial charge in [-0.05, 0) is 61.0 Å². The van der Waals surface area contributed by atoms with E-state index in [2.05, 4.69) is 29.2 Å². The van der Waals surface area contributed by atoms with Gasteiger partial charge in [0.05, 0.1) is 12.8 Å². The van der Waals surface area contributed by atoms with Crippen LogP contribution in [0, 0.1) is 0 Å². The third-order valence-electron chi connectivity index (χ3n) is 5.10. The molecule has 0 aliphatic carbocycles. The highest BCUT2D eigenvalue weighted by Gasteiger charge is 2.18. The largest absolute Gasteiger partial charge is 0.495 e. The van der Waals surface area contributed by atoms with Crippen molar-refractivity contribution < 1.29 is 4.74 Å². The highest BCUT2D eigenvalue weighted by Crippen LogP contribution is 2.40. The first-order valence-corrected chi connectivity index (χ1v) is 9.67. The number of fused-ring (bicyclic) bond motifs is 2. The van der Waals surface area contributed by atoms with E-state index in [4.69, 9.17) is 22.1 Å². The molecule has 4 rings (SSSR count). The molecule has 4 heteroatoms. The average Bonchev–Trinajstić information content (AvgIpc) is 3.05. The number of hydrogen-bond donors (Lipinski definition) is 2. The first-order chi connectivity index (χ1) is 13.2. The van der Waals surface area contributed by atoms with Gasteiger partial charge in [-0.25, -0.2) is 0 Å². The monoisotopic (exact) mass is 378 g/mol. The van der Waals surface area contributed by atoms with E-state index in [0.29, 0.717) is 6.54 Å². The van der Waals surface area contributed by atoms with Crippen LogP contribution in [0.15, 0.2) is 54.6 Å². The van der Waals surface area contributed by atoms with Gasteiger partial charge in [0.15, 0.2) is 0 Å². The summed E-state index contributed by atoms with van der Waals surface area (Å²) < 4.78 is 5.85. The number of benzene rings is 3. The highest BCUT2D eigenvalue weighted by atomic mass is 35.5. The molecule has 0 saturated heterocycles. The fourth-order valence-electron chi connectivity index (χ4n) is 3.82. The molecular formula is C23H23ClN2O. The minimum absolute atomic E-state index is 0.706. The topological polar surface area (TPSA) is 51.0 Å². The lowest BCUT2D eigenvalue weighted by Crippen LogP contribution is -1.99. The van der Waals surface area contributed by atoms with Crippen LogP contribution in [0.5, 0.6) is 5.75 Å². The second-order valence-corrected chi connectivity index (χ2v) is 7.22. The summed E-state index contributed by atoms with van der Waals surface area (Å²) in [6.07, 6.45) is 2.99. The van der Waals surface area contributed by atoms with Crippen LogP contribution in [-0.2, 0) is 6.42 Å². The number of halogens is 1. The van der Waals surface area contributed by atoms with Crippen LogP contribution < -0.4 is 10.5 Å². The summed E-state index contributed by atoms with van der Waals surface area (Å²) in [7, 11) is 1.74. The molecule has 0 bridgehead atoms. The van der Waals surface area contributed by atoms with E-state index in [1.165, 1.54) is 16.3 Å². The molecule has 0 saturated carbocycles. The predicted molar refractivity (Wildman–Crippen MR) is 115 cm³/mol. The maximum absolute atomic E-state index is 6.29. The van der Waals surface area contributed by atoms with Crippen molar-refractivity contribution in [2.24, 2.45) is 5.73 Å². The van der Waals surface area contributed by atoms with Crippen LogP contribution in [0.3, 0.4) is 0 Å². The van der Waals surface area contributed by atoms with E-state index in [0.717, 1.165) is 52.2 Å². The zero-order valence-corrected chi connectivity index (χ0v) is 16.1. The van der Waals surface area contributed by atoms with Gasteiger partial charge in [0.25, 0.3) is 0 Å². The minimum Gasteiger partial charge on any atom is -0.495 e. The number of H-pyrrole nitrogens is 1. The zero-order valence-electron chi connectivity index (χ0n) is 15.4. The molecule has 0 aliphatic heterocycles. The molecule has 0 unspecified atom stereocenters. The number of unbranched alkanes of at least 4 members (excludes halogenated alkanes) is 1. The summed E-state index contributed by atoms with van der Waals surface area (Å²) in [5.41, 5.74) is 10.3. The normalized spacial score (nSPS) is 11.4. The van der Waals surface area contributed by atoms with Gasteiger partial charge in [-0.2, -0.15) is 0 Å². The van der Waals surface area contributed by atoms with Gasteiger partial charge in [-0.1, -0.05) is 41.9 Å². The molecular weight excluding hydrogens is 356 g/mol. The van der Waals surface area contributed by atoms with Gasteiger partial charge in [-0.3, -0.25) is 0 Å². The summed E-state index contributed by atoms with van der Waals surface area (Å²) in [4.78, 5) is 3.60. The number of nitrogens with one attached hydrogen (secondary N) is 1. The number of hydrogen-bond acceptors (Lipinski definition) is 2. The molecule has 1 aromatic heterocycles. The van der Waals surface area contributed by atoms with E-state index in [9.17, 15) is 0 Å². The lowest BCUT2D eigenvalue weighted by Gasteiger charge is -2.13. The maximum atomic E-state index is 6.29. The summed E-state index contributed by atoms with van der Waals surface area (Å²) in [5.74, 6) is 0.894. The number of aromatic nitrogens is 1. The number of ether oxygens (including phenoxy) is 1. The smallest absolute Gasteiger partial charge is 0.136 e. The van der Waals surface area contributed by atoms with Gasteiger partial charge in [0.1, 0.15) is 5.75 Å². The van der Waals surface area contributed by atoms with Crippen molar-refractivity contribution in [3.63, 3.8) is 0 Å². The number of aryl methyl sites for hydroxylation is 1. The number of nitrogens with two attached hydrogens (primary N) is 1. The highest BCUT2D eigenvalue weighted by molar-refractivity contribution is 6.31. The van der Waals surface area contributed by atoms with E-state index < -0.39 is 0 Å². The fraction of sp³-hybridized carbons (Fsp3) is 0.217. The Balaban J connectivity index is 1.95. The van der Waals surface area contributed by atoms with Crippen LogP contribution in [0.1, 0.15) is 18.4 Å². The summed E-state index contributed by atoms with van der Waals surface area (Å²) >= 11 is 6.29. The van der Waals surface area contributed by atoms with E-state index in [-0.39, 0.29) is 0 Å². The second-order valence-electron chi connectivity index (χ2n) is 6.78. The third-order valence-corrected chi connectivity index (χ3v) is 5.34. The van der Waals surface area contributed by atoms with Crippen molar-refractivity contribution in [1.82, 2.24) is 4.98 Å². The number of methoxy groups -OCH3 is 1. The molecule has 0 radical (unpaired) electrons. The Labute approximate surface area is 164 Å². The standard InChI is InChI=1S/C23H23ClN2O/c1-27-23-17-7-3-2-6-15(17)9-11-19(23)22-18(8-4-5-13-25)20-14-16(24)10-12-21(20)26-22/h2-3,6-7,9-12,14,26H,4-5,8,13,25H2,1H3. The van der Waals surface area contributed by atoms with Gasteiger partial charge in [0, 0.05) is 26.9 Å².